The third kappa shape index (κ3) is 7.32. The minimum atomic E-state index is -0.444. The molecule has 0 aliphatic rings. The summed E-state index contributed by atoms with van der Waals surface area (Å²) in [7, 11) is 0. The summed E-state index contributed by atoms with van der Waals surface area (Å²) in [6.07, 6.45) is 0.576. The van der Waals surface area contributed by atoms with Gasteiger partial charge in [-0.15, -0.1) is 0 Å². The fourth-order valence-corrected chi connectivity index (χ4v) is 2.28. The van der Waals surface area contributed by atoms with Crippen molar-refractivity contribution in [2.75, 3.05) is 11.9 Å². The van der Waals surface area contributed by atoms with E-state index < -0.39 is 17.8 Å². The summed E-state index contributed by atoms with van der Waals surface area (Å²) in [4.78, 5) is 35.4. The molecule has 1 amide bonds. The number of anilines is 1. The molecule has 27 heavy (non-hydrogen) atoms. The number of carbonyl (C=O) groups is 3. The maximum Gasteiger partial charge on any atom is 0.338 e. The van der Waals surface area contributed by atoms with E-state index in [0.717, 1.165) is 5.56 Å². The molecular weight excluding hydrogens is 346 g/mol. The smallest absolute Gasteiger partial charge is 0.338 e. The van der Waals surface area contributed by atoms with E-state index in [0.29, 0.717) is 17.7 Å². The van der Waals surface area contributed by atoms with Crippen LogP contribution < -0.4 is 5.32 Å². The third-order valence-electron chi connectivity index (χ3n) is 3.57. The number of ether oxygens (including phenoxy) is 2. The topological polar surface area (TPSA) is 81.7 Å². The Bertz CT molecular complexity index is 769. The van der Waals surface area contributed by atoms with Crippen molar-refractivity contribution in [3.63, 3.8) is 0 Å². The molecule has 0 fully saturated rings. The lowest BCUT2D eigenvalue weighted by Gasteiger charge is -2.09. The molecule has 1 N–H and O–H groups in total. The highest BCUT2D eigenvalue weighted by Gasteiger charge is 2.11. The van der Waals surface area contributed by atoms with Crippen molar-refractivity contribution >= 4 is 23.5 Å². The molecule has 0 atom stereocenters. The first-order valence-electron chi connectivity index (χ1n) is 8.74. The summed E-state index contributed by atoms with van der Waals surface area (Å²) < 4.78 is 10.1. The van der Waals surface area contributed by atoms with Gasteiger partial charge in [-0.05, 0) is 50.1 Å². The van der Waals surface area contributed by atoms with E-state index in [1.807, 2.05) is 30.3 Å². The van der Waals surface area contributed by atoms with Crippen molar-refractivity contribution in [3.05, 3.63) is 65.7 Å². The van der Waals surface area contributed by atoms with Gasteiger partial charge in [0.15, 0.2) is 6.61 Å². The van der Waals surface area contributed by atoms with Crippen LogP contribution in [0.25, 0.3) is 0 Å². The van der Waals surface area contributed by atoms with Crippen molar-refractivity contribution < 1.29 is 23.9 Å². The molecule has 0 bridgehead atoms. The minimum Gasteiger partial charge on any atom is -0.459 e. The summed E-state index contributed by atoms with van der Waals surface area (Å²) in [5.74, 6) is -1.29. The predicted molar refractivity (Wildman–Crippen MR) is 101 cm³/mol. The lowest BCUT2D eigenvalue weighted by molar-refractivity contribution is -0.147. The molecule has 0 aliphatic carbocycles. The first-order valence-corrected chi connectivity index (χ1v) is 8.74. The van der Waals surface area contributed by atoms with E-state index >= 15 is 0 Å². The number of amides is 1. The van der Waals surface area contributed by atoms with E-state index in [2.05, 4.69) is 5.32 Å². The number of hydrogen-bond donors (Lipinski definition) is 1. The van der Waals surface area contributed by atoms with Gasteiger partial charge in [0.1, 0.15) is 0 Å². The number of aryl methyl sites for hydroxylation is 1. The lowest BCUT2D eigenvalue weighted by Crippen LogP contribution is -2.21. The van der Waals surface area contributed by atoms with Crippen molar-refractivity contribution in [2.45, 2.75) is 32.8 Å². The maximum absolute atomic E-state index is 11.9. The highest BCUT2D eigenvalue weighted by Crippen LogP contribution is 2.11. The zero-order valence-electron chi connectivity index (χ0n) is 15.4. The van der Waals surface area contributed by atoms with Crippen molar-refractivity contribution in [1.82, 2.24) is 0 Å². The summed E-state index contributed by atoms with van der Waals surface area (Å²) in [5.41, 5.74) is 1.94. The zero-order valence-corrected chi connectivity index (χ0v) is 15.4. The predicted octanol–water partition coefficient (Wildman–Crippen LogP) is 3.37. The average Bonchev–Trinajstić information content (AvgIpc) is 2.65. The molecule has 6 heteroatoms. The van der Waals surface area contributed by atoms with Gasteiger partial charge in [0.05, 0.1) is 11.7 Å². The van der Waals surface area contributed by atoms with Gasteiger partial charge in [-0.25, -0.2) is 4.79 Å². The fraction of sp³-hybridized carbons (Fsp3) is 0.286. The number of benzene rings is 2. The first kappa shape index (κ1) is 20.2. The molecule has 2 rings (SSSR count). The van der Waals surface area contributed by atoms with Gasteiger partial charge < -0.3 is 14.8 Å². The quantitative estimate of drug-likeness (QED) is 0.722. The van der Waals surface area contributed by atoms with Crippen LogP contribution in [0.5, 0.6) is 0 Å². The van der Waals surface area contributed by atoms with Crippen molar-refractivity contribution in [2.24, 2.45) is 0 Å². The Balaban J connectivity index is 1.73. The molecule has 142 valence electrons. The summed E-state index contributed by atoms with van der Waals surface area (Å²) in [6, 6.07) is 15.9. The van der Waals surface area contributed by atoms with Gasteiger partial charge in [-0.3, -0.25) is 9.59 Å². The molecule has 0 saturated heterocycles. The number of carbonyl (C=O) groups excluding carboxylic acids is 3. The lowest BCUT2D eigenvalue weighted by atomic mass is 10.1. The molecule has 0 spiro atoms. The molecule has 6 nitrogen and oxygen atoms in total. The monoisotopic (exact) mass is 369 g/mol. The van der Waals surface area contributed by atoms with Crippen LogP contribution in [0.3, 0.4) is 0 Å². The Hall–Kier alpha value is -3.15. The molecule has 2 aromatic rings. The standard InChI is InChI=1S/C21H23NO5/c1-15(2)27-21(25)17-9-11-18(12-10-17)22-19(23)14-26-20(24)13-8-16-6-4-3-5-7-16/h3-7,9-12,15H,8,13-14H2,1-2H3,(H,22,23). The van der Waals surface area contributed by atoms with E-state index in [9.17, 15) is 14.4 Å². The van der Waals surface area contributed by atoms with Gasteiger partial charge in [-0.2, -0.15) is 0 Å². The second kappa shape index (κ2) is 10.1. The fourth-order valence-electron chi connectivity index (χ4n) is 2.28. The minimum absolute atomic E-state index is 0.201. The average molecular weight is 369 g/mol. The number of rotatable bonds is 8. The maximum atomic E-state index is 11.9. The van der Waals surface area contributed by atoms with Crippen LogP contribution in [0.4, 0.5) is 5.69 Å². The molecular formula is C21H23NO5. The second-order valence-electron chi connectivity index (χ2n) is 6.23. The molecule has 0 heterocycles. The Kier molecular flexibility index (Phi) is 7.55. The molecule has 0 radical (unpaired) electrons. The van der Waals surface area contributed by atoms with Crippen LogP contribution in [-0.4, -0.2) is 30.6 Å². The highest BCUT2D eigenvalue weighted by molar-refractivity contribution is 5.94. The van der Waals surface area contributed by atoms with Gasteiger partial charge in [0, 0.05) is 12.1 Å². The SMILES string of the molecule is CC(C)OC(=O)c1ccc(NC(=O)COC(=O)CCc2ccccc2)cc1. The van der Waals surface area contributed by atoms with Crippen LogP contribution in [0.15, 0.2) is 54.6 Å². The van der Waals surface area contributed by atoms with Crippen LogP contribution in [0.2, 0.25) is 0 Å². The number of esters is 2. The summed E-state index contributed by atoms with van der Waals surface area (Å²) in [5, 5.41) is 2.61. The van der Waals surface area contributed by atoms with Crippen LogP contribution in [0, 0.1) is 0 Å². The molecule has 0 aromatic heterocycles. The zero-order chi connectivity index (χ0) is 19.6. The molecule has 2 aromatic carbocycles. The van der Waals surface area contributed by atoms with Crippen LogP contribution >= 0.6 is 0 Å². The summed E-state index contributed by atoms with van der Waals surface area (Å²) >= 11 is 0. The highest BCUT2D eigenvalue weighted by atomic mass is 16.5. The first-order chi connectivity index (χ1) is 12.9. The van der Waals surface area contributed by atoms with E-state index in [-0.39, 0.29) is 19.1 Å². The van der Waals surface area contributed by atoms with E-state index in [1.165, 1.54) is 0 Å². The van der Waals surface area contributed by atoms with Gasteiger partial charge in [-0.1, -0.05) is 30.3 Å². The van der Waals surface area contributed by atoms with E-state index in [4.69, 9.17) is 9.47 Å². The van der Waals surface area contributed by atoms with Gasteiger partial charge in [0.25, 0.3) is 5.91 Å². The number of hydrogen-bond acceptors (Lipinski definition) is 5. The Morgan fingerprint density at radius 3 is 2.26 bits per heavy atom. The molecule has 0 unspecified atom stereocenters. The van der Waals surface area contributed by atoms with Crippen molar-refractivity contribution in [1.29, 1.82) is 0 Å². The number of nitrogens with one attached hydrogen (secondary N) is 1. The Morgan fingerprint density at radius 2 is 1.63 bits per heavy atom. The Labute approximate surface area is 158 Å². The normalized spacial score (nSPS) is 10.3. The largest absolute Gasteiger partial charge is 0.459 e. The third-order valence-corrected chi connectivity index (χ3v) is 3.57. The van der Waals surface area contributed by atoms with Crippen LogP contribution in [0.1, 0.15) is 36.2 Å². The Morgan fingerprint density at radius 1 is 0.963 bits per heavy atom. The van der Waals surface area contributed by atoms with Crippen molar-refractivity contribution in [3.8, 4) is 0 Å². The van der Waals surface area contributed by atoms with Gasteiger partial charge in [0.2, 0.25) is 0 Å². The van der Waals surface area contributed by atoms with Gasteiger partial charge >= 0.3 is 11.9 Å². The van der Waals surface area contributed by atoms with E-state index in [1.54, 1.807) is 38.1 Å². The van der Waals surface area contributed by atoms with Crippen LogP contribution in [-0.2, 0) is 25.5 Å². The summed E-state index contributed by atoms with van der Waals surface area (Å²) in [6.45, 7) is 3.19. The molecule has 0 aliphatic heterocycles. The second-order valence-corrected chi connectivity index (χ2v) is 6.23. The molecule has 0 saturated carbocycles.